The summed E-state index contributed by atoms with van der Waals surface area (Å²) in [5.41, 5.74) is 5.19. The summed E-state index contributed by atoms with van der Waals surface area (Å²) in [5.74, 6) is 0. The van der Waals surface area contributed by atoms with Gasteiger partial charge in [-0.05, 0) is 25.5 Å². The van der Waals surface area contributed by atoms with E-state index in [9.17, 15) is 0 Å². The lowest BCUT2D eigenvalue weighted by Gasteiger charge is -2.17. The van der Waals surface area contributed by atoms with E-state index in [1.165, 1.54) is 22.5 Å². The van der Waals surface area contributed by atoms with Crippen molar-refractivity contribution in [1.29, 1.82) is 0 Å². The van der Waals surface area contributed by atoms with E-state index in [2.05, 4.69) is 74.1 Å². The molecular formula is C15H19ClN2. The van der Waals surface area contributed by atoms with Crippen LogP contribution in [-0.2, 0) is 0 Å². The zero-order chi connectivity index (χ0) is 12.4. The van der Waals surface area contributed by atoms with E-state index in [-0.39, 0.29) is 12.4 Å². The van der Waals surface area contributed by atoms with Gasteiger partial charge in [-0.2, -0.15) is 4.57 Å². The van der Waals surface area contributed by atoms with Crippen LogP contribution in [0, 0.1) is 13.8 Å². The fraction of sp³-hybridized carbons (Fsp3) is 0.267. The smallest absolute Gasteiger partial charge is 0.213 e. The Morgan fingerprint density at radius 2 is 1.50 bits per heavy atom. The zero-order valence-corrected chi connectivity index (χ0v) is 12.1. The van der Waals surface area contributed by atoms with Crippen molar-refractivity contribution in [2.24, 2.45) is 0 Å². The van der Waals surface area contributed by atoms with Crippen molar-refractivity contribution in [3.8, 4) is 5.69 Å². The quantitative estimate of drug-likeness (QED) is 0.672. The molecule has 0 saturated heterocycles. The molecule has 1 heterocycles. The summed E-state index contributed by atoms with van der Waals surface area (Å²) < 4.78 is 2.15. The molecule has 0 unspecified atom stereocenters. The van der Waals surface area contributed by atoms with Gasteiger partial charge in [-0.3, -0.25) is 0 Å². The number of aromatic nitrogens is 1. The second kappa shape index (κ2) is 5.87. The van der Waals surface area contributed by atoms with Crippen LogP contribution in [0.5, 0.6) is 0 Å². The maximum absolute atomic E-state index is 2.18. The second-order valence-electron chi connectivity index (χ2n) is 4.53. The largest absolute Gasteiger partial charge is 1.00 e. The Hall–Kier alpha value is -1.54. The fourth-order valence-corrected chi connectivity index (χ4v) is 2.12. The molecule has 0 fully saturated rings. The van der Waals surface area contributed by atoms with Crippen LogP contribution in [0.25, 0.3) is 5.69 Å². The molecule has 0 saturated carbocycles. The van der Waals surface area contributed by atoms with Gasteiger partial charge in [-0.15, -0.1) is 0 Å². The summed E-state index contributed by atoms with van der Waals surface area (Å²) in [6.07, 6.45) is 4.16. The van der Waals surface area contributed by atoms with Gasteiger partial charge in [0.2, 0.25) is 5.69 Å². The van der Waals surface area contributed by atoms with Gasteiger partial charge in [-0.25, -0.2) is 0 Å². The molecule has 3 heteroatoms. The number of nitrogens with zero attached hydrogens (tertiary/aromatic N) is 2. The predicted octanol–water partition coefficient (Wildman–Crippen LogP) is -0.350. The molecular weight excluding hydrogens is 244 g/mol. The van der Waals surface area contributed by atoms with Crippen molar-refractivity contribution in [3.63, 3.8) is 0 Å². The van der Waals surface area contributed by atoms with E-state index in [1.54, 1.807) is 0 Å². The predicted molar refractivity (Wildman–Crippen MR) is 71.8 cm³/mol. The van der Waals surface area contributed by atoms with E-state index in [4.69, 9.17) is 0 Å². The molecule has 2 rings (SSSR count). The standard InChI is InChI=1S/C15H19N2.ClH/c1-12-13(2)15(9-8-14(12)16(3)4)17-10-6-5-7-11-17;/h5-11H,1-4H3;1H/q+1;/p-1. The van der Waals surface area contributed by atoms with Crippen molar-refractivity contribution < 1.29 is 17.0 Å². The summed E-state index contributed by atoms with van der Waals surface area (Å²) in [6.45, 7) is 4.36. The first-order valence-electron chi connectivity index (χ1n) is 5.85. The minimum atomic E-state index is 0. The summed E-state index contributed by atoms with van der Waals surface area (Å²) in [5, 5.41) is 0. The van der Waals surface area contributed by atoms with E-state index < -0.39 is 0 Å². The van der Waals surface area contributed by atoms with Crippen LogP contribution in [0.2, 0.25) is 0 Å². The monoisotopic (exact) mass is 262 g/mol. The Kier molecular flexibility index (Phi) is 4.74. The molecule has 1 aromatic carbocycles. The van der Waals surface area contributed by atoms with Gasteiger partial charge in [0.25, 0.3) is 0 Å². The van der Waals surface area contributed by atoms with Crippen LogP contribution >= 0.6 is 0 Å². The third-order valence-electron chi connectivity index (χ3n) is 3.21. The summed E-state index contributed by atoms with van der Waals surface area (Å²) in [6, 6.07) is 10.5. The number of anilines is 1. The summed E-state index contributed by atoms with van der Waals surface area (Å²) >= 11 is 0. The highest BCUT2D eigenvalue weighted by atomic mass is 35.5. The minimum Gasteiger partial charge on any atom is -1.00 e. The lowest BCUT2D eigenvalue weighted by atomic mass is 10.0. The van der Waals surface area contributed by atoms with Crippen molar-refractivity contribution in [2.45, 2.75) is 13.8 Å². The molecule has 0 spiro atoms. The van der Waals surface area contributed by atoms with Gasteiger partial charge in [-0.1, -0.05) is 6.07 Å². The Morgan fingerprint density at radius 3 is 2.06 bits per heavy atom. The molecule has 96 valence electrons. The average molecular weight is 263 g/mol. The first kappa shape index (κ1) is 14.5. The highest BCUT2D eigenvalue weighted by molar-refractivity contribution is 5.59. The number of benzene rings is 1. The van der Waals surface area contributed by atoms with Crippen molar-refractivity contribution in [1.82, 2.24) is 0 Å². The van der Waals surface area contributed by atoms with Crippen LogP contribution in [0.3, 0.4) is 0 Å². The van der Waals surface area contributed by atoms with Gasteiger partial charge >= 0.3 is 0 Å². The molecule has 0 atom stereocenters. The molecule has 2 aromatic rings. The Bertz CT molecular complexity index is 522. The molecule has 0 bridgehead atoms. The van der Waals surface area contributed by atoms with E-state index in [1.807, 2.05) is 6.07 Å². The van der Waals surface area contributed by atoms with Gasteiger partial charge in [0.05, 0.1) is 0 Å². The van der Waals surface area contributed by atoms with Gasteiger partial charge < -0.3 is 17.3 Å². The third-order valence-corrected chi connectivity index (χ3v) is 3.21. The number of rotatable bonds is 2. The van der Waals surface area contributed by atoms with E-state index in [0.717, 1.165) is 0 Å². The number of halogens is 1. The van der Waals surface area contributed by atoms with Gasteiger partial charge in [0.1, 0.15) is 0 Å². The molecule has 0 aliphatic carbocycles. The Labute approximate surface area is 115 Å². The molecule has 18 heavy (non-hydrogen) atoms. The van der Waals surface area contributed by atoms with Crippen LogP contribution in [0.1, 0.15) is 11.1 Å². The van der Waals surface area contributed by atoms with Crippen molar-refractivity contribution in [2.75, 3.05) is 19.0 Å². The fourth-order valence-electron chi connectivity index (χ4n) is 2.12. The third kappa shape index (κ3) is 2.65. The Balaban J connectivity index is 0.00000162. The van der Waals surface area contributed by atoms with Gasteiger partial charge in [0.15, 0.2) is 12.4 Å². The zero-order valence-electron chi connectivity index (χ0n) is 11.3. The maximum atomic E-state index is 2.18. The molecule has 0 amide bonds. The average Bonchev–Trinajstić information content (AvgIpc) is 2.33. The number of hydrogen-bond acceptors (Lipinski definition) is 1. The normalized spacial score (nSPS) is 9.78. The van der Waals surface area contributed by atoms with Crippen LogP contribution in [0.15, 0.2) is 42.7 Å². The Morgan fingerprint density at radius 1 is 0.889 bits per heavy atom. The first-order chi connectivity index (χ1) is 8.11. The summed E-state index contributed by atoms with van der Waals surface area (Å²) in [7, 11) is 4.16. The van der Waals surface area contributed by atoms with Gasteiger partial charge in [0, 0.05) is 43.5 Å². The highest BCUT2D eigenvalue weighted by Crippen LogP contribution is 2.23. The number of pyridine rings is 1. The molecule has 0 aliphatic rings. The lowest BCUT2D eigenvalue weighted by molar-refractivity contribution is -0.596. The van der Waals surface area contributed by atoms with E-state index >= 15 is 0 Å². The van der Waals surface area contributed by atoms with Crippen LogP contribution in [0.4, 0.5) is 5.69 Å². The van der Waals surface area contributed by atoms with Crippen molar-refractivity contribution in [3.05, 3.63) is 53.9 Å². The number of hydrogen-bond donors (Lipinski definition) is 0. The lowest BCUT2D eigenvalue weighted by Crippen LogP contribution is -3.00. The van der Waals surface area contributed by atoms with E-state index in [0.29, 0.717) is 0 Å². The second-order valence-corrected chi connectivity index (χ2v) is 4.53. The molecule has 0 aliphatic heterocycles. The SMILES string of the molecule is Cc1c(N(C)C)ccc(-[n+]2ccccc2)c1C.[Cl-]. The molecule has 1 aromatic heterocycles. The topological polar surface area (TPSA) is 7.12 Å². The first-order valence-corrected chi connectivity index (χ1v) is 5.85. The summed E-state index contributed by atoms with van der Waals surface area (Å²) in [4.78, 5) is 2.15. The maximum Gasteiger partial charge on any atom is 0.213 e. The highest BCUT2D eigenvalue weighted by Gasteiger charge is 2.13. The minimum absolute atomic E-state index is 0. The molecule has 0 N–H and O–H groups in total. The molecule has 0 radical (unpaired) electrons. The van der Waals surface area contributed by atoms with Crippen molar-refractivity contribution >= 4 is 5.69 Å². The van der Waals surface area contributed by atoms with Crippen LogP contribution in [-0.4, -0.2) is 14.1 Å². The van der Waals surface area contributed by atoms with Crippen LogP contribution < -0.4 is 21.9 Å². The molecule has 2 nitrogen and oxygen atoms in total.